The molecular weight excluding hydrogens is 594 g/mol. The lowest BCUT2D eigenvalue weighted by molar-refractivity contribution is -0.162. The van der Waals surface area contributed by atoms with Crippen LogP contribution in [0.2, 0.25) is 5.02 Å². The van der Waals surface area contributed by atoms with Gasteiger partial charge >= 0.3 is 12.1 Å². The SMILES string of the molecule is COC1(C)CN(C(=O)C2CCc3c(-c4ccc(C(=O)O)cc4F)nn(C(=O)c4c(Cl)cccc4CCC(F)(F)F)c3C2)C1. The van der Waals surface area contributed by atoms with Gasteiger partial charge in [-0.25, -0.2) is 9.18 Å². The number of aromatic nitrogens is 2. The molecule has 1 aliphatic carbocycles. The van der Waals surface area contributed by atoms with Crippen molar-refractivity contribution in [2.45, 2.75) is 50.8 Å². The number of ether oxygens (including phenoxy) is 1. The first-order valence-electron chi connectivity index (χ1n) is 13.6. The molecule has 2 heterocycles. The van der Waals surface area contributed by atoms with Crippen molar-refractivity contribution in [3.05, 3.63) is 75.2 Å². The summed E-state index contributed by atoms with van der Waals surface area (Å²) >= 11 is 6.36. The summed E-state index contributed by atoms with van der Waals surface area (Å²) in [4.78, 5) is 40.4. The number of fused-ring (bicyclic) bond motifs is 1. The lowest BCUT2D eigenvalue weighted by atomic mass is 9.83. The third kappa shape index (κ3) is 6.03. The van der Waals surface area contributed by atoms with Crippen LogP contribution in [0.3, 0.4) is 0 Å². The molecule has 1 amide bonds. The summed E-state index contributed by atoms with van der Waals surface area (Å²) in [6, 6.07) is 7.53. The number of likely N-dealkylation sites (tertiary alicyclic amines) is 1. The number of alkyl halides is 3. The van der Waals surface area contributed by atoms with E-state index in [4.69, 9.17) is 16.3 Å². The van der Waals surface area contributed by atoms with Gasteiger partial charge in [0.1, 0.15) is 5.82 Å². The quantitative estimate of drug-likeness (QED) is 0.346. The number of amides is 1. The predicted octanol–water partition coefficient (Wildman–Crippen LogP) is 5.58. The summed E-state index contributed by atoms with van der Waals surface area (Å²) in [6.07, 6.45) is -5.43. The van der Waals surface area contributed by atoms with Crippen LogP contribution in [0, 0.1) is 11.7 Å². The van der Waals surface area contributed by atoms with Gasteiger partial charge in [0.25, 0.3) is 5.91 Å². The number of benzene rings is 2. The number of methoxy groups -OCH3 is 1. The van der Waals surface area contributed by atoms with Gasteiger partial charge in [-0.05, 0) is 56.0 Å². The van der Waals surface area contributed by atoms with Gasteiger partial charge in [0.05, 0.1) is 46.2 Å². The van der Waals surface area contributed by atoms with E-state index in [0.717, 1.165) is 10.7 Å². The summed E-state index contributed by atoms with van der Waals surface area (Å²) in [7, 11) is 1.57. The van der Waals surface area contributed by atoms with Crippen molar-refractivity contribution in [1.29, 1.82) is 0 Å². The van der Waals surface area contributed by atoms with Gasteiger partial charge < -0.3 is 14.7 Å². The minimum atomic E-state index is -4.47. The zero-order valence-electron chi connectivity index (χ0n) is 23.3. The van der Waals surface area contributed by atoms with E-state index in [0.29, 0.717) is 30.8 Å². The summed E-state index contributed by atoms with van der Waals surface area (Å²) < 4.78 is 60.9. The number of carboxylic acid groups (broad SMARTS) is 1. The zero-order chi connectivity index (χ0) is 31.3. The van der Waals surface area contributed by atoms with E-state index in [1.807, 2.05) is 6.92 Å². The van der Waals surface area contributed by atoms with Crippen LogP contribution in [0.25, 0.3) is 11.3 Å². The number of hydrogen-bond donors (Lipinski definition) is 1. The third-order valence-corrected chi connectivity index (χ3v) is 8.45. The molecule has 1 atom stereocenters. The van der Waals surface area contributed by atoms with Crippen molar-refractivity contribution in [2.75, 3.05) is 20.2 Å². The number of rotatable bonds is 7. The van der Waals surface area contributed by atoms with E-state index in [-0.39, 0.29) is 51.7 Å². The molecule has 8 nitrogen and oxygen atoms in total. The Morgan fingerprint density at radius 1 is 1.19 bits per heavy atom. The van der Waals surface area contributed by atoms with Gasteiger partial charge in [0.2, 0.25) is 5.91 Å². The Balaban J connectivity index is 1.57. The molecule has 0 radical (unpaired) electrons. The summed E-state index contributed by atoms with van der Waals surface area (Å²) in [5.74, 6) is -3.67. The molecule has 228 valence electrons. The van der Waals surface area contributed by atoms with E-state index in [1.165, 1.54) is 30.3 Å². The fourth-order valence-corrected chi connectivity index (χ4v) is 6.03. The number of aromatic carboxylic acids is 1. The minimum absolute atomic E-state index is 0.0485. The standard InChI is InChI=1S/C30H28ClF4N3O5/c1-29(43-2)14-37(15-29)26(39)17-6-9-20-23(13-17)38(36-25(20)19-8-7-18(28(41)42)12-22(19)32)27(40)24-16(4-3-5-21(24)31)10-11-30(33,34)35/h3-5,7-8,12,17H,6,9-11,13-15H2,1-2H3,(H,41,42). The van der Waals surface area contributed by atoms with Crippen LogP contribution in [0.4, 0.5) is 17.6 Å². The molecule has 2 aliphatic rings. The molecule has 0 bridgehead atoms. The number of aryl methyl sites for hydroxylation is 1. The molecular formula is C30H28ClF4N3O5. The molecule has 1 aliphatic heterocycles. The number of halogens is 5. The molecule has 1 saturated heterocycles. The van der Waals surface area contributed by atoms with Crippen LogP contribution in [0.1, 0.15) is 57.3 Å². The van der Waals surface area contributed by atoms with Crippen molar-refractivity contribution in [3.8, 4) is 11.3 Å². The number of carbonyl (C=O) groups excluding carboxylic acids is 2. The van der Waals surface area contributed by atoms with Crippen LogP contribution in [-0.4, -0.2) is 69.5 Å². The Kier molecular flexibility index (Phi) is 8.12. The highest BCUT2D eigenvalue weighted by molar-refractivity contribution is 6.34. The van der Waals surface area contributed by atoms with Crippen molar-refractivity contribution >= 4 is 29.4 Å². The first-order chi connectivity index (χ1) is 20.2. The average molecular weight is 622 g/mol. The van der Waals surface area contributed by atoms with E-state index in [2.05, 4.69) is 5.10 Å². The molecule has 1 aromatic heterocycles. The van der Waals surface area contributed by atoms with Gasteiger partial charge in [0, 0.05) is 37.0 Å². The van der Waals surface area contributed by atoms with Gasteiger partial charge in [0.15, 0.2) is 0 Å². The second kappa shape index (κ2) is 11.4. The predicted molar refractivity (Wildman–Crippen MR) is 148 cm³/mol. The molecule has 0 spiro atoms. The van der Waals surface area contributed by atoms with Crippen LogP contribution >= 0.6 is 11.6 Å². The number of carboxylic acids is 1. The smallest absolute Gasteiger partial charge is 0.389 e. The summed E-state index contributed by atoms with van der Waals surface area (Å²) in [5, 5.41) is 13.6. The maximum absolute atomic E-state index is 15.2. The van der Waals surface area contributed by atoms with Gasteiger partial charge in [-0.15, -0.1) is 0 Å². The lowest BCUT2D eigenvalue weighted by Crippen LogP contribution is -2.64. The fraction of sp³-hybridized carbons (Fsp3) is 0.400. The molecule has 43 heavy (non-hydrogen) atoms. The van der Waals surface area contributed by atoms with Crippen LogP contribution in [-0.2, 0) is 28.8 Å². The molecule has 5 rings (SSSR count). The molecule has 3 aromatic rings. The monoisotopic (exact) mass is 621 g/mol. The van der Waals surface area contributed by atoms with E-state index in [9.17, 15) is 32.7 Å². The fourth-order valence-electron chi connectivity index (χ4n) is 5.75. The molecule has 0 saturated carbocycles. The van der Waals surface area contributed by atoms with E-state index < -0.39 is 48.2 Å². The first-order valence-corrected chi connectivity index (χ1v) is 14.0. The van der Waals surface area contributed by atoms with E-state index in [1.54, 1.807) is 12.0 Å². The van der Waals surface area contributed by atoms with Crippen molar-refractivity contribution in [1.82, 2.24) is 14.7 Å². The van der Waals surface area contributed by atoms with Crippen LogP contribution in [0.5, 0.6) is 0 Å². The second-order valence-electron chi connectivity index (χ2n) is 11.2. The minimum Gasteiger partial charge on any atom is -0.478 e. The lowest BCUT2D eigenvalue weighted by Gasteiger charge is -2.48. The number of carbonyl (C=O) groups is 3. The summed E-state index contributed by atoms with van der Waals surface area (Å²) in [6.45, 7) is 2.69. The highest BCUT2D eigenvalue weighted by Crippen LogP contribution is 2.38. The Hall–Kier alpha value is -3.77. The maximum Gasteiger partial charge on any atom is 0.389 e. The Labute approximate surface area is 249 Å². The van der Waals surface area contributed by atoms with Gasteiger partial charge in [-0.3, -0.25) is 9.59 Å². The number of hydrogen-bond acceptors (Lipinski definition) is 5. The molecule has 1 N–H and O–H groups in total. The van der Waals surface area contributed by atoms with Gasteiger partial charge in [-0.2, -0.15) is 23.0 Å². The third-order valence-electron chi connectivity index (χ3n) is 8.13. The topological polar surface area (TPSA) is 102 Å². The average Bonchev–Trinajstić information content (AvgIpc) is 3.31. The largest absolute Gasteiger partial charge is 0.478 e. The maximum atomic E-state index is 15.2. The Morgan fingerprint density at radius 3 is 2.53 bits per heavy atom. The highest BCUT2D eigenvalue weighted by Gasteiger charge is 2.44. The zero-order valence-corrected chi connectivity index (χ0v) is 24.1. The van der Waals surface area contributed by atoms with Crippen molar-refractivity contribution < 1.29 is 41.8 Å². The Morgan fingerprint density at radius 2 is 1.91 bits per heavy atom. The number of nitrogens with zero attached hydrogens (tertiary/aromatic N) is 3. The molecule has 13 heteroatoms. The Bertz CT molecular complexity index is 1610. The first kappa shape index (κ1) is 30.7. The van der Waals surface area contributed by atoms with Crippen molar-refractivity contribution in [2.24, 2.45) is 5.92 Å². The van der Waals surface area contributed by atoms with Gasteiger partial charge in [-0.1, -0.05) is 23.7 Å². The summed E-state index contributed by atoms with van der Waals surface area (Å²) in [5.41, 5.74) is 0.0308. The highest BCUT2D eigenvalue weighted by atomic mass is 35.5. The molecule has 2 aromatic carbocycles. The van der Waals surface area contributed by atoms with Crippen molar-refractivity contribution in [3.63, 3.8) is 0 Å². The van der Waals surface area contributed by atoms with Crippen LogP contribution in [0.15, 0.2) is 36.4 Å². The van der Waals surface area contributed by atoms with E-state index >= 15 is 4.39 Å². The normalized spacial score (nSPS) is 17.7. The molecule has 1 unspecified atom stereocenters. The molecule has 1 fully saturated rings. The second-order valence-corrected chi connectivity index (χ2v) is 11.6. The van der Waals surface area contributed by atoms with Crippen LogP contribution < -0.4 is 0 Å².